The van der Waals surface area contributed by atoms with Gasteiger partial charge in [0.05, 0.1) is 22.3 Å². The maximum Gasteiger partial charge on any atom is 0.310 e. The molecule has 3 N–H and O–H groups in total. The zero-order valence-electron chi connectivity index (χ0n) is 19.2. The summed E-state index contributed by atoms with van der Waals surface area (Å²) in [5.41, 5.74) is 9.88. The number of hydrazine groups is 1. The minimum absolute atomic E-state index is 0.281. The molecule has 35 heavy (non-hydrogen) atoms. The van der Waals surface area contributed by atoms with Gasteiger partial charge in [0.1, 0.15) is 0 Å². The lowest BCUT2D eigenvalue weighted by Gasteiger charge is -2.11. The first-order valence-corrected chi connectivity index (χ1v) is 11.1. The number of carbonyl (C=O) groups excluding carboxylic acids is 3. The molecule has 0 saturated carbocycles. The molecule has 3 aromatic carbocycles. The molecule has 5 rings (SSSR count). The Morgan fingerprint density at radius 1 is 0.800 bits per heavy atom. The lowest BCUT2D eigenvalue weighted by atomic mass is 10.0. The lowest BCUT2D eigenvalue weighted by Crippen LogP contribution is -2.45. The predicted octanol–water partition coefficient (Wildman–Crippen LogP) is 4.64. The quantitative estimate of drug-likeness (QED) is 0.206. The first-order valence-electron chi connectivity index (χ1n) is 11.1. The Hall–Kier alpha value is -4.78. The number of hydrogen-bond acceptors (Lipinski definition) is 4. The van der Waals surface area contributed by atoms with E-state index in [9.17, 15) is 14.4 Å². The molecule has 2 aromatic heterocycles. The molecule has 0 saturated heterocycles. The van der Waals surface area contributed by atoms with Crippen LogP contribution in [0.25, 0.3) is 33.1 Å². The van der Waals surface area contributed by atoms with Crippen LogP contribution in [0.5, 0.6) is 0 Å². The van der Waals surface area contributed by atoms with Crippen molar-refractivity contribution in [2.45, 2.75) is 13.8 Å². The summed E-state index contributed by atoms with van der Waals surface area (Å²) in [4.78, 5) is 46.4. The molecule has 7 heteroatoms. The summed E-state index contributed by atoms with van der Waals surface area (Å²) in [6.45, 7) is 3.73. The van der Waals surface area contributed by atoms with Crippen molar-refractivity contribution in [2.75, 3.05) is 0 Å². The second kappa shape index (κ2) is 8.87. The van der Waals surface area contributed by atoms with E-state index in [-0.39, 0.29) is 5.56 Å². The van der Waals surface area contributed by atoms with Gasteiger partial charge in [0, 0.05) is 27.5 Å². The molecule has 0 aliphatic rings. The highest BCUT2D eigenvalue weighted by atomic mass is 16.2. The third-order valence-corrected chi connectivity index (χ3v) is 5.92. The van der Waals surface area contributed by atoms with Gasteiger partial charge in [-0.2, -0.15) is 0 Å². The van der Waals surface area contributed by atoms with Crippen LogP contribution in [0.3, 0.4) is 0 Å². The number of carbonyl (C=O) groups is 3. The van der Waals surface area contributed by atoms with Gasteiger partial charge in [-0.3, -0.25) is 25.2 Å². The molecule has 0 atom stereocenters. The van der Waals surface area contributed by atoms with E-state index in [0.29, 0.717) is 33.2 Å². The molecule has 0 aliphatic heterocycles. The van der Waals surface area contributed by atoms with E-state index >= 15 is 0 Å². The second-order valence-electron chi connectivity index (χ2n) is 8.35. The van der Waals surface area contributed by atoms with Crippen molar-refractivity contribution in [2.24, 2.45) is 0 Å². The summed E-state index contributed by atoms with van der Waals surface area (Å²) in [5.74, 6) is -2.21. The fourth-order valence-corrected chi connectivity index (χ4v) is 4.16. The van der Waals surface area contributed by atoms with Gasteiger partial charge in [-0.05, 0) is 32.0 Å². The van der Waals surface area contributed by atoms with Crippen molar-refractivity contribution in [1.82, 2.24) is 20.8 Å². The van der Waals surface area contributed by atoms with Gasteiger partial charge in [-0.25, -0.2) is 4.98 Å². The standard InChI is InChI=1S/C28H22N4O3/c1-16-11-13-18(14-12-16)24-15-21(19-7-3-5-9-22(19)30-24)27(34)31-32-28(35)26(33)25-17(2)29-23-10-6-4-8-20(23)25/h3-15,29H,1-2H3,(H,31,34)(H,32,35). The van der Waals surface area contributed by atoms with Crippen LogP contribution >= 0.6 is 0 Å². The Morgan fingerprint density at radius 3 is 2.26 bits per heavy atom. The number of fused-ring (bicyclic) bond motifs is 2. The minimum atomic E-state index is -0.927. The number of amides is 2. The maximum absolute atomic E-state index is 13.1. The fourth-order valence-electron chi connectivity index (χ4n) is 4.16. The van der Waals surface area contributed by atoms with Gasteiger partial charge in [-0.1, -0.05) is 66.2 Å². The summed E-state index contributed by atoms with van der Waals surface area (Å²) in [5, 5.41) is 1.29. The van der Waals surface area contributed by atoms with E-state index in [4.69, 9.17) is 0 Å². The molecule has 0 radical (unpaired) electrons. The Kier molecular flexibility index (Phi) is 5.58. The number of rotatable bonds is 4. The first-order chi connectivity index (χ1) is 16.9. The van der Waals surface area contributed by atoms with Gasteiger partial charge < -0.3 is 4.98 Å². The first kappa shape index (κ1) is 22.0. The number of para-hydroxylation sites is 2. The number of nitrogens with one attached hydrogen (secondary N) is 3. The molecule has 172 valence electrons. The van der Waals surface area contributed by atoms with Crippen LogP contribution in [0.1, 0.15) is 32.0 Å². The lowest BCUT2D eigenvalue weighted by molar-refractivity contribution is -0.117. The highest BCUT2D eigenvalue weighted by Gasteiger charge is 2.23. The number of H-pyrrole nitrogens is 1. The highest BCUT2D eigenvalue weighted by Crippen LogP contribution is 2.25. The number of aryl methyl sites for hydroxylation is 2. The topological polar surface area (TPSA) is 104 Å². The fraction of sp³-hybridized carbons (Fsp3) is 0.0714. The normalized spacial score (nSPS) is 10.9. The molecule has 0 unspecified atom stereocenters. The van der Waals surface area contributed by atoms with E-state index < -0.39 is 17.6 Å². The van der Waals surface area contributed by atoms with Crippen molar-refractivity contribution in [3.63, 3.8) is 0 Å². The average molecular weight is 463 g/mol. The predicted molar refractivity (Wildman–Crippen MR) is 135 cm³/mol. The third-order valence-electron chi connectivity index (χ3n) is 5.92. The SMILES string of the molecule is Cc1ccc(-c2cc(C(=O)NNC(=O)C(=O)c3c(C)[nH]c4ccccc34)c3ccccc3n2)cc1. The number of nitrogens with zero attached hydrogens (tertiary/aromatic N) is 1. The smallest absolute Gasteiger partial charge is 0.310 e. The van der Waals surface area contributed by atoms with E-state index in [2.05, 4.69) is 20.8 Å². The molecule has 2 amide bonds. The molecule has 0 spiro atoms. The molecular weight excluding hydrogens is 440 g/mol. The highest BCUT2D eigenvalue weighted by molar-refractivity contribution is 6.45. The zero-order chi connectivity index (χ0) is 24.5. The Morgan fingerprint density at radius 2 is 1.49 bits per heavy atom. The number of benzene rings is 3. The van der Waals surface area contributed by atoms with Gasteiger partial charge in [0.2, 0.25) is 0 Å². The number of pyridine rings is 1. The van der Waals surface area contributed by atoms with E-state index in [1.807, 2.05) is 61.5 Å². The molecule has 0 aliphatic carbocycles. The van der Waals surface area contributed by atoms with E-state index in [0.717, 1.165) is 16.6 Å². The average Bonchev–Trinajstić information content (AvgIpc) is 3.21. The van der Waals surface area contributed by atoms with Crippen molar-refractivity contribution in [1.29, 1.82) is 0 Å². The largest absolute Gasteiger partial charge is 0.358 e. The Bertz CT molecular complexity index is 1620. The summed E-state index contributed by atoms with van der Waals surface area (Å²) < 4.78 is 0. The Balaban J connectivity index is 1.41. The Labute approximate surface area is 201 Å². The van der Waals surface area contributed by atoms with Crippen molar-refractivity contribution in [3.05, 3.63) is 101 Å². The summed E-state index contributed by atoms with van der Waals surface area (Å²) in [7, 11) is 0. The molecule has 7 nitrogen and oxygen atoms in total. The maximum atomic E-state index is 13.1. The minimum Gasteiger partial charge on any atom is -0.358 e. The van der Waals surface area contributed by atoms with Crippen LogP contribution in [-0.2, 0) is 4.79 Å². The van der Waals surface area contributed by atoms with Crippen LogP contribution < -0.4 is 10.9 Å². The van der Waals surface area contributed by atoms with Gasteiger partial charge >= 0.3 is 5.91 Å². The molecular formula is C28H22N4O3. The van der Waals surface area contributed by atoms with Crippen LogP contribution in [0.15, 0.2) is 78.9 Å². The van der Waals surface area contributed by atoms with Crippen LogP contribution in [-0.4, -0.2) is 27.6 Å². The number of Topliss-reactive ketones (excluding diaryl/α,β-unsaturated/α-hetero) is 1. The summed E-state index contributed by atoms with van der Waals surface area (Å²) >= 11 is 0. The molecule has 2 heterocycles. The third kappa shape index (κ3) is 4.15. The van der Waals surface area contributed by atoms with Crippen LogP contribution in [0, 0.1) is 13.8 Å². The van der Waals surface area contributed by atoms with Crippen molar-refractivity contribution < 1.29 is 14.4 Å². The molecule has 0 bridgehead atoms. The second-order valence-corrected chi connectivity index (χ2v) is 8.35. The van der Waals surface area contributed by atoms with Crippen LogP contribution in [0.4, 0.5) is 0 Å². The number of aromatic nitrogens is 2. The van der Waals surface area contributed by atoms with Crippen molar-refractivity contribution >= 4 is 39.4 Å². The zero-order valence-corrected chi connectivity index (χ0v) is 19.2. The monoisotopic (exact) mass is 462 g/mol. The molecule has 5 aromatic rings. The number of ketones is 1. The summed E-state index contributed by atoms with van der Waals surface area (Å²) in [6.07, 6.45) is 0. The van der Waals surface area contributed by atoms with E-state index in [1.165, 1.54) is 0 Å². The summed E-state index contributed by atoms with van der Waals surface area (Å²) in [6, 6.07) is 24.0. The van der Waals surface area contributed by atoms with Gasteiger partial charge in [-0.15, -0.1) is 0 Å². The van der Waals surface area contributed by atoms with Crippen molar-refractivity contribution in [3.8, 4) is 11.3 Å². The van der Waals surface area contributed by atoms with E-state index in [1.54, 1.807) is 31.2 Å². The number of aromatic amines is 1. The van der Waals surface area contributed by atoms with Gasteiger partial charge in [0.15, 0.2) is 0 Å². The van der Waals surface area contributed by atoms with Crippen LogP contribution in [0.2, 0.25) is 0 Å². The van der Waals surface area contributed by atoms with Gasteiger partial charge in [0.25, 0.3) is 11.7 Å². The molecule has 0 fully saturated rings. The number of hydrogen-bond donors (Lipinski definition) is 3.